The monoisotopic (exact) mass is 452 g/mol. The molecule has 3 nitrogen and oxygen atoms in total. The molecule has 0 aliphatic heterocycles. The molecule has 1 heterocycles. The molecule has 2 aromatic carbocycles. The molecule has 3 rings (SSSR count). The molecule has 0 spiro atoms. The van der Waals surface area contributed by atoms with E-state index in [-0.39, 0.29) is 5.91 Å². The molecule has 1 aromatic heterocycles. The Morgan fingerprint density at radius 2 is 2.04 bits per heavy atom. The van der Waals surface area contributed by atoms with E-state index in [1.54, 1.807) is 23.1 Å². The molecule has 0 aliphatic rings. The number of hydrogen-bond donors (Lipinski definition) is 1. The molecule has 0 bridgehead atoms. The first-order chi connectivity index (χ1) is 11.2. The summed E-state index contributed by atoms with van der Waals surface area (Å²) in [6, 6.07) is 15.4. The van der Waals surface area contributed by atoms with Gasteiger partial charge >= 0.3 is 0 Å². The number of halogens is 1. The van der Waals surface area contributed by atoms with Gasteiger partial charge in [-0.15, -0.1) is 23.1 Å². The predicted octanol–water partition coefficient (Wildman–Crippen LogP) is 5.29. The molecule has 116 valence electrons. The number of nitrogens with zero attached hydrogens (tertiary/aromatic N) is 1. The van der Waals surface area contributed by atoms with Crippen molar-refractivity contribution in [2.45, 2.75) is 10.6 Å². The van der Waals surface area contributed by atoms with Crippen molar-refractivity contribution in [1.82, 2.24) is 4.98 Å². The van der Waals surface area contributed by atoms with E-state index < -0.39 is 0 Å². The number of carbonyl (C=O) groups is 1. The van der Waals surface area contributed by atoms with Crippen molar-refractivity contribution in [2.24, 2.45) is 0 Å². The van der Waals surface area contributed by atoms with Gasteiger partial charge in [0.2, 0.25) is 0 Å². The summed E-state index contributed by atoms with van der Waals surface area (Å²) in [5.74, 6) is 0.750. The lowest BCUT2D eigenvalue weighted by molar-refractivity contribution is 0.102. The van der Waals surface area contributed by atoms with Gasteiger partial charge in [-0.3, -0.25) is 4.79 Å². The lowest BCUT2D eigenvalue weighted by Gasteiger charge is -2.06. The number of rotatable bonds is 5. The van der Waals surface area contributed by atoms with E-state index in [9.17, 15) is 4.79 Å². The Labute approximate surface area is 156 Å². The van der Waals surface area contributed by atoms with Gasteiger partial charge in [0.25, 0.3) is 5.91 Å². The average Bonchev–Trinajstić information content (AvgIpc) is 3.07. The van der Waals surface area contributed by atoms with Gasteiger partial charge in [-0.25, -0.2) is 4.98 Å². The van der Waals surface area contributed by atoms with Crippen LogP contribution in [0.5, 0.6) is 0 Å². The number of thiazole rings is 1. The fraction of sp³-hybridized carbons (Fsp3) is 0.0588. The molecular weight excluding hydrogens is 439 g/mol. The van der Waals surface area contributed by atoms with Gasteiger partial charge in [0, 0.05) is 30.8 Å². The van der Waals surface area contributed by atoms with Gasteiger partial charge in [0.15, 0.2) is 0 Å². The smallest absolute Gasteiger partial charge is 0.255 e. The summed E-state index contributed by atoms with van der Waals surface area (Å²) in [6.45, 7) is 0. The van der Waals surface area contributed by atoms with Crippen LogP contribution in [0.3, 0.4) is 0 Å². The van der Waals surface area contributed by atoms with Crippen LogP contribution in [0.25, 0.3) is 0 Å². The molecule has 0 atom stereocenters. The topological polar surface area (TPSA) is 42.0 Å². The molecule has 0 aliphatic carbocycles. The molecule has 0 saturated heterocycles. The van der Waals surface area contributed by atoms with Gasteiger partial charge in [0.05, 0.1) is 11.2 Å². The highest BCUT2D eigenvalue weighted by atomic mass is 127. The maximum Gasteiger partial charge on any atom is 0.255 e. The highest BCUT2D eigenvalue weighted by molar-refractivity contribution is 14.1. The molecule has 0 saturated carbocycles. The molecule has 3 aromatic rings. The standard InChI is InChI=1S/C17H13IN2OS2/c18-13-2-1-3-14(8-13)20-17(21)12-4-6-16(7-5-12)23-10-15-9-22-11-19-15/h1-9,11H,10H2,(H,20,21). The minimum Gasteiger partial charge on any atom is -0.322 e. The van der Waals surface area contributed by atoms with Gasteiger partial charge in [-0.2, -0.15) is 0 Å². The Hall–Kier alpha value is -1.38. The van der Waals surface area contributed by atoms with Crippen LogP contribution in [0.1, 0.15) is 16.1 Å². The number of aromatic nitrogens is 1. The second-order valence-electron chi connectivity index (χ2n) is 4.76. The van der Waals surface area contributed by atoms with Gasteiger partial charge in [-0.1, -0.05) is 6.07 Å². The van der Waals surface area contributed by atoms with Crippen LogP contribution in [-0.2, 0) is 5.75 Å². The molecule has 0 radical (unpaired) electrons. The SMILES string of the molecule is O=C(Nc1cccc(I)c1)c1ccc(SCc2cscn2)cc1. The minimum atomic E-state index is -0.0944. The highest BCUT2D eigenvalue weighted by Gasteiger charge is 2.06. The third kappa shape index (κ3) is 4.79. The Balaban J connectivity index is 1.61. The van der Waals surface area contributed by atoms with Crippen LogP contribution < -0.4 is 5.32 Å². The molecular formula is C17H13IN2OS2. The Kier molecular flexibility index (Phi) is 5.69. The van der Waals surface area contributed by atoms with Crippen LogP contribution in [0.4, 0.5) is 5.69 Å². The number of carbonyl (C=O) groups excluding carboxylic acids is 1. The first-order valence-electron chi connectivity index (χ1n) is 6.87. The van der Waals surface area contributed by atoms with Crippen molar-refractivity contribution in [1.29, 1.82) is 0 Å². The second kappa shape index (κ2) is 7.94. The van der Waals surface area contributed by atoms with Crippen molar-refractivity contribution >= 4 is 57.3 Å². The van der Waals surface area contributed by atoms with Crippen molar-refractivity contribution in [3.63, 3.8) is 0 Å². The van der Waals surface area contributed by atoms with E-state index in [1.165, 1.54) is 0 Å². The molecule has 23 heavy (non-hydrogen) atoms. The van der Waals surface area contributed by atoms with Gasteiger partial charge in [-0.05, 0) is 65.1 Å². The molecule has 0 unspecified atom stereocenters. The number of amides is 1. The number of thioether (sulfide) groups is 1. The predicted molar refractivity (Wildman–Crippen MR) is 105 cm³/mol. The van der Waals surface area contributed by atoms with Crippen LogP contribution >= 0.6 is 45.7 Å². The largest absolute Gasteiger partial charge is 0.322 e. The normalized spacial score (nSPS) is 10.5. The van der Waals surface area contributed by atoms with E-state index in [0.29, 0.717) is 5.56 Å². The first-order valence-corrected chi connectivity index (χ1v) is 9.88. The van der Waals surface area contributed by atoms with E-state index in [4.69, 9.17) is 0 Å². The zero-order valence-corrected chi connectivity index (χ0v) is 15.8. The number of anilines is 1. The molecule has 6 heteroatoms. The lowest BCUT2D eigenvalue weighted by Crippen LogP contribution is -2.11. The summed E-state index contributed by atoms with van der Waals surface area (Å²) >= 11 is 5.55. The number of hydrogen-bond acceptors (Lipinski definition) is 4. The Morgan fingerprint density at radius 3 is 2.74 bits per heavy atom. The quantitative estimate of drug-likeness (QED) is 0.423. The van der Waals surface area contributed by atoms with E-state index in [0.717, 1.165) is 25.6 Å². The van der Waals surface area contributed by atoms with E-state index in [2.05, 4.69) is 38.3 Å². The van der Waals surface area contributed by atoms with Crippen LogP contribution in [0.15, 0.2) is 64.3 Å². The van der Waals surface area contributed by atoms with Crippen molar-refractivity contribution in [2.75, 3.05) is 5.32 Å². The molecule has 1 N–H and O–H groups in total. The fourth-order valence-corrected chi connectivity index (χ4v) is 3.95. The molecule has 1 amide bonds. The van der Waals surface area contributed by atoms with E-state index in [1.807, 2.05) is 54.0 Å². The number of nitrogens with one attached hydrogen (secondary N) is 1. The lowest BCUT2D eigenvalue weighted by atomic mass is 10.2. The van der Waals surface area contributed by atoms with Gasteiger partial charge in [0.1, 0.15) is 0 Å². The van der Waals surface area contributed by atoms with E-state index >= 15 is 0 Å². The zero-order chi connectivity index (χ0) is 16.1. The third-order valence-electron chi connectivity index (χ3n) is 3.07. The Morgan fingerprint density at radius 1 is 1.22 bits per heavy atom. The second-order valence-corrected chi connectivity index (χ2v) is 7.77. The third-order valence-corrected chi connectivity index (χ3v) is 5.42. The summed E-state index contributed by atoms with van der Waals surface area (Å²) in [7, 11) is 0. The van der Waals surface area contributed by atoms with Crippen molar-refractivity contribution in [3.05, 3.63) is 74.2 Å². The highest BCUT2D eigenvalue weighted by Crippen LogP contribution is 2.23. The minimum absolute atomic E-state index is 0.0944. The van der Waals surface area contributed by atoms with Gasteiger partial charge < -0.3 is 5.32 Å². The first kappa shape index (κ1) is 16.5. The number of benzene rings is 2. The Bertz CT molecular complexity index is 789. The summed E-state index contributed by atoms with van der Waals surface area (Å²) in [4.78, 5) is 17.6. The van der Waals surface area contributed by atoms with Crippen molar-refractivity contribution in [3.8, 4) is 0 Å². The zero-order valence-electron chi connectivity index (χ0n) is 12.0. The summed E-state index contributed by atoms with van der Waals surface area (Å²) in [6.07, 6.45) is 0. The van der Waals surface area contributed by atoms with Crippen molar-refractivity contribution < 1.29 is 4.79 Å². The van der Waals surface area contributed by atoms with Crippen LogP contribution in [-0.4, -0.2) is 10.9 Å². The average molecular weight is 452 g/mol. The maximum absolute atomic E-state index is 12.3. The summed E-state index contributed by atoms with van der Waals surface area (Å²) in [5, 5.41) is 4.97. The van der Waals surface area contributed by atoms with Crippen LogP contribution in [0, 0.1) is 3.57 Å². The summed E-state index contributed by atoms with van der Waals surface area (Å²) in [5.41, 5.74) is 4.39. The maximum atomic E-state index is 12.3. The molecule has 0 fully saturated rings. The summed E-state index contributed by atoms with van der Waals surface area (Å²) < 4.78 is 1.09. The van der Waals surface area contributed by atoms with Crippen LogP contribution in [0.2, 0.25) is 0 Å². The fourth-order valence-electron chi connectivity index (χ4n) is 1.94.